The van der Waals surface area contributed by atoms with Gasteiger partial charge in [0.05, 0.1) is 35.2 Å². The molecule has 2 N–H and O–H groups in total. The average Bonchev–Trinajstić information content (AvgIpc) is 2.66. The van der Waals surface area contributed by atoms with E-state index >= 15 is 0 Å². The summed E-state index contributed by atoms with van der Waals surface area (Å²) in [5.74, 6) is 0. The number of aryl methyl sites for hydroxylation is 2. The Bertz CT molecular complexity index is 914. The van der Waals surface area contributed by atoms with Gasteiger partial charge in [-0.2, -0.15) is 16.8 Å². The van der Waals surface area contributed by atoms with Crippen LogP contribution in [0.1, 0.15) is 17.5 Å². The van der Waals surface area contributed by atoms with Crippen molar-refractivity contribution in [1.82, 2.24) is 0 Å². The topological polar surface area (TPSA) is 127 Å². The Morgan fingerprint density at radius 2 is 1.00 bits per heavy atom. The van der Waals surface area contributed by atoms with E-state index in [1.165, 1.54) is 24.3 Å². The SMILES string of the molecule is Cc1ccc(S(=O)(=O)OC[C@@H](O)C[C@H](O)COS(=O)(=O)c2ccc(C)cc2)cc1. The summed E-state index contributed by atoms with van der Waals surface area (Å²) in [6.45, 7) is 2.45. The molecule has 0 unspecified atom stereocenters. The van der Waals surface area contributed by atoms with Gasteiger partial charge >= 0.3 is 0 Å². The molecule has 0 bridgehead atoms. The largest absolute Gasteiger partial charge is 0.391 e. The zero-order valence-corrected chi connectivity index (χ0v) is 17.7. The van der Waals surface area contributed by atoms with E-state index in [-0.39, 0.29) is 16.2 Å². The molecule has 8 nitrogen and oxygen atoms in total. The summed E-state index contributed by atoms with van der Waals surface area (Å²) in [7, 11) is -8.10. The fourth-order valence-corrected chi connectivity index (χ4v) is 4.22. The van der Waals surface area contributed by atoms with Gasteiger partial charge in [0.2, 0.25) is 0 Å². The highest BCUT2D eigenvalue weighted by molar-refractivity contribution is 7.87. The molecule has 0 aliphatic carbocycles. The summed E-state index contributed by atoms with van der Waals surface area (Å²) in [6.07, 6.45) is -3.00. The fourth-order valence-electron chi connectivity index (χ4n) is 2.33. The van der Waals surface area contributed by atoms with E-state index in [0.717, 1.165) is 11.1 Å². The van der Waals surface area contributed by atoms with Crippen molar-refractivity contribution in [2.45, 2.75) is 42.3 Å². The molecule has 0 fully saturated rings. The van der Waals surface area contributed by atoms with E-state index in [9.17, 15) is 27.0 Å². The second-order valence-corrected chi connectivity index (χ2v) is 9.88. The summed E-state index contributed by atoms with van der Waals surface area (Å²) in [4.78, 5) is -0.105. The van der Waals surface area contributed by atoms with Gasteiger partial charge in [-0.25, -0.2) is 0 Å². The molecule has 10 heteroatoms. The lowest BCUT2D eigenvalue weighted by atomic mass is 10.2. The predicted molar refractivity (Wildman–Crippen MR) is 105 cm³/mol. The van der Waals surface area contributed by atoms with Gasteiger partial charge in [-0.15, -0.1) is 0 Å². The van der Waals surface area contributed by atoms with Crippen LogP contribution in [0.4, 0.5) is 0 Å². The zero-order valence-electron chi connectivity index (χ0n) is 16.1. The Morgan fingerprint density at radius 3 is 1.31 bits per heavy atom. The summed E-state index contributed by atoms with van der Waals surface area (Å²) in [5.41, 5.74) is 1.76. The minimum absolute atomic E-state index is 0.0524. The van der Waals surface area contributed by atoms with Crippen LogP contribution in [-0.4, -0.2) is 52.5 Å². The molecule has 0 radical (unpaired) electrons. The van der Waals surface area contributed by atoms with Crippen LogP contribution >= 0.6 is 0 Å². The Hall–Kier alpha value is -1.82. The van der Waals surface area contributed by atoms with Crippen LogP contribution in [0.25, 0.3) is 0 Å². The molecule has 2 aromatic carbocycles. The summed E-state index contributed by atoms with van der Waals surface area (Å²) in [5, 5.41) is 19.8. The Kier molecular flexibility index (Phi) is 7.92. The predicted octanol–water partition coefficient (Wildman–Crippen LogP) is 1.53. The van der Waals surface area contributed by atoms with Crippen molar-refractivity contribution in [2.24, 2.45) is 0 Å². The smallest absolute Gasteiger partial charge is 0.297 e. The first-order valence-electron chi connectivity index (χ1n) is 8.78. The first-order valence-corrected chi connectivity index (χ1v) is 11.6. The van der Waals surface area contributed by atoms with Crippen LogP contribution in [0.15, 0.2) is 58.3 Å². The molecule has 2 rings (SSSR count). The molecule has 160 valence electrons. The quantitative estimate of drug-likeness (QED) is 0.528. The van der Waals surface area contributed by atoms with E-state index < -0.39 is 45.7 Å². The minimum atomic E-state index is -4.05. The van der Waals surface area contributed by atoms with Crippen molar-refractivity contribution >= 4 is 20.2 Å². The van der Waals surface area contributed by atoms with Crippen LogP contribution in [-0.2, 0) is 28.6 Å². The number of aliphatic hydroxyl groups excluding tert-OH is 2. The van der Waals surface area contributed by atoms with Gasteiger partial charge in [0.1, 0.15) is 0 Å². The molecule has 2 atom stereocenters. The molecule has 0 aromatic heterocycles. The molecule has 29 heavy (non-hydrogen) atoms. The van der Waals surface area contributed by atoms with Gasteiger partial charge in [-0.05, 0) is 38.1 Å². The maximum absolute atomic E-state index is 12.1. The van der Waals surface area contributed by atoms with Crippen LogP contribution in [0, 0.1) is 13.8 Å². The van der Waals surface area contributed by atoms with Gasteiger partial charge in [0, 0.05) is 6.42 Å². The minimum Gasteiger partial charge on any atom is -0.391 e. The standard InChI is InChI=1S/C19H24O8S2/c1-14-3-7-18(8-4-14)28(22,23)26-12-16(20)11-17(21)13-27-29(24,25)19-9-5-15(2)6-10-19/h3-10,16-17,20-21H,11-13H2,1-2H3/t16-,17-/m0/s1. The molecule has 0 saturated heterocycles. The monoisotopic (exact) mass is 444 g/mol. The van der Waals surface area contributed by atoms with Crippen LogP contribution in [0.3, 0.4) is 0 Å². The molecule has 0 spiro atoms. The van der Waals surface area contributed by atoms with Gasteiger partial charge in [-0.3, -0.25) is 8.37 Å². The summed E-state index contributed by atoms with van der Waals surface area (Å²) >= 11 is 0. The first-order chi connectivity index (χ1) is 13.5. The number of benzene rings is 2. The number of hydrogen-bond acceptors (Lipinski definition) is 8. The van der Waals surface area contributed by atoms with Crippen LogP contribution < -0.4 is 0 Å². The Labute approximate surface area is 171 Å². The van der Waals surface area contributed by atoms with Gasteiger partial charge in [0.15, 0.2) is 0 Å². The third-order valence-electron chi connectivity index (χ3n) is 3.99. The summed E-state index contributed by atoms with van der Waals surface area (Å²) in [6, 6.07) is 12.0. The second kappa shape index (κ2) is 9.79. The number of hydrogen-bond donors (Lipinski definition) is 2. The maximum atomic E-state index is 12.1. The van der Waals surface area contributed by atoms with E-state index in [1.54, 1.807) is 24.3 Å². The molecule has 0 aliphatic rings. The lowest BCUT2D eigenvalue weighted by Gasteiger charge is -2.16. The third kappa shape index (κ3) is 7.18. The van der Waals surface area contributed by atoms with Crippen molar-refractivity contribution in [3.63, 3.8) is 0 Å². The fraction of sp³-hybridized carbons (Fsp3) is 0.368. The highest BCUT2D eigenvalue weighted by Gasteiger charge is 2.22. The molecular weight excluding hydrogens is 420 g/mol. The average molecular weight is 445 g/mol. The molecule has 0 amide bonds. The lowest BCUT2D eigenvalue weighted by molar-refractivity contribution is 0.0306. The van der Waals surface area contributed by atoms with Gasteiger partial charge in [-0.1, -0.05) is 35.4 Å². The molecule has 0 heterocycles. The van der Waals surface area contributed by atoms with Crippen molar-refractivity contribution in [3.05, 3.63) is 59.7 Å². The highest BCUT2D eigenvalue weighted by Crippen LogP contribution is 2.16. The summed E-state index contributed by atoms with van der Waals surface area (Å²) < 4.78 is 57.9. The lowest BCUT2D eigenvalue weighted by Crippen LogP contribution is -2.28. The Balaban J connectivity index is 1.83. The van der Waals surface area contributed by atoms with Crippen molar-refractivity contribution in [3.8, 4) is 0 Å². The molecule has 0 saturated carbocycles. The second-order valence-electron chi connectivity index (χ2n) is 6.65. The van der Waals surface area contributed by atoms with Crippen molar-refractivity contribution in [1.29, 1.82) is 0 Å². The van der Waals surface area contributed by atoms with Crippen molar-refractivity contribution < 1.29 is 35.4 Å². The van der Waals surface area contributed by atoms with E-state index in [2.05, 4.69) is 0 Å². The molecule has 0 aliphatic heterocycles. The van der Waals surface area contributed by atoms with Crippen LogP contribution in [0.5, 0.6) is 0 Å². The van der Waals surface area contributed by atoms with E-state index in [4.69, 9.17) is 8.37 Å². The highest BCUT2D eigenvalue weighted by atomic mass is 32.2. The van der Waals surface area contributed by atoms with E-state index in [1.807, 2.05) is 13.8 Å². The molecular formula is C19H24O8S2. The Morgan fingerprint density at radius 1 is 0.690 bits per heavy atom. The van der Waals surface area contributed by atoms with E-state index in [0.29, 0.717) is 0 Å². The zero-order chi connectivity index (χ0) is 21.7. The van der Waals surface area contributed by atoms with Crippen LogP contribution in [0.2, 0.25) is 0 Å². The third-order valence-corrected chi connectivity index (χ3v) is 6.59. The maximum Gasteiger partial charge on any atom is 0.297 e. The number of rotatable bonds is 10. The molecule has 2 aromatic rings. The van der Waals surface area contributed by atoms with Gasteiger partial charge < -0.3 is 10.2 Å². The van der Waals surface area contributed by atoms with Crippen molar-refractivity contribution in [2.75, 3.05) is 13.2 Å². The first kappa shape index (κ1) is 23.5. The number of aliphatic hydroxyl groups is 2. The normalized spacial score (nSPS) is 14.5. The van der Waals surface area contributed by atoms with Gasteiger partial charge in [0.25, 0.3) is 20.2 Å².